The van der Waals surface area contributed by atoms with Crippen molar-refractivity contribution >= 4 is 29.3 Å². The molecule has 1 fully saturated rings. The molecule has 0 saturated carbocycles. The summed E-state index contributed by atoms with van der Waals surface area (Å²) in [6.07, 6.45) is 0. The van der Waals surface area contributed by atoms with Gasteiger partial charge in [-0.3, -0.25) is 14.9 Å². The summed E-state index contributed by atoms with van der Waals surface area (Å²) in [4.78, 5) is 34.7. The summed E-state index contributed by atoms with van der Waals surface area (Å²) in [6, 6.07) is 1.56. The Morgan fingerprint density at radius 2 is 2.19 bits per heavy atom. The van der Waals surface area contributed by atoms with Gasteiger partial charge in [-0.05, 0) is 12.1 Å². The Kier molecular flexibility index (Phi) is 4.41. The lowest BCUT2D eigenvalue weighted by atomic mass is 10.1. The van der Waals surface area contributed by atoms with E-state index in [9.17, 15) is 24.1 Å². The van der Waals surface area contributed by atoms with Gasteiger partial charge in [-0.25, -0.2) is 9.18 Å². The molecule has 1 heterocycles. The molecule has 2 rings (SSSR count). The number of hydrogen-bond donors (Lipinski definition) is 1. The first-order valence-corrected chi connectivity index (χ1v) is 7.12. The molecule has 1 atom stereocenters. The summed E-state index contributed by atoms with van der Waals surface area (Å²) in [6.45, 7) is 0.176. The molecule has 1 amide bonds. The molecule has 9 heteroatoms. The highest BCUT2D eigenvalue weighted by Crippen LogP contribution is 2.25. The molecule has 1 aromatic carbocycles. The van der Waals surface area contributed by atoms with Crippen LogP contribution in [-0.2, 0) is 4.79 Å². The molecule has 21 heavy (non-hydrogen) atoms. The standard InChI is InChI=1S/C12H11FN2O5S/c13-7-1-2-8(9(5-7)15(19)20)11(16)14-3-4-21-6-10(14)12(17)18/h1-2,5,10H,3-4,6H2,(H,17,18). The average molecular weight is 314 g/mol. The highest BCUT2D eigenvalue weighted by Gasteiger charge is 2.35. The Morgan fingerprint density at radius 3 is 2.81 bits per heavy atom. The monoisotopic (exact) mass is 314 g/mol. The van der Waals surface area contributed by atoms with Crippen LogP contribution in [-0.4, -0.2) is 50.9 Å². The van der Waals surface area contributed by atoms with Gasteiger partial charge in [-0.1, -0.05) is 0 Å². The van der Waals surface area contributed by atoms with Gasteiger partial charge in [0, 0.05) is 18.1 Å². The fourth-order valence-electron chi connectivity index (χ4n) is 2.04. The number of benzene rings is 1. The van der Waals surface area contributed by atoms with Crippen molar-refractivity contribution in [1.82, 2.24) is 4.90 Å². The van der Waals surface area contributed by atoms with Crippen molar-refractivity contribution in [3.05, 3.63) is 39.7 Å². The zero-order valence-electron chi connectivity index (χ0n) is 10.7. The van der Waals surface area contributed by atoms with Crippen LogP contribution < -0.4 is 0 Å². The summed E-state index contributed by atoms with van der Waals surface area (Å²) in [5.41, 5.74) is -0.970. The number of carboxylic acid groups (broad SMARTS) is 1. The Balaban J connectivity index is 2.39. The van der Waals surface area contributed by atoms with Gasteiger partial charge in [0.1, 0.15) is 17.4 Å². The van der Waals surface area contributed by atoms with E-state index in [1.807, 2.05) is 0 Å². The van der Waals surface area contributed by atoms with Crippen LogP contribution in [0.3, 0.4) is 0 Å². The van der Waals surface area contributed by atoms with Gasteiger partial charge < -0.3 is 10.0 Å². The number of nitro groups is 1. The largest absolute Gasteiger partial charge is 0.480 e. The van der Waals surface area contributed by atoms with Crippen LogP contribution in [0.5, 0.6) is 0 Å². The molecule has 0 aliphatic carbocycles. The zero-order valence-corrected chi connectivity index (χ0v) is 11.5. The molecule has 7 nitrogen and oxygen atoms in total. The average Bonchev–Trinajstić information content (AvgIpc) is 2.46. The predicted octanol–water partition coefficient (Wildman–Crippen LogP) is 1.38. The Morgan fingerprint density at radius 1 is 1.48 bits per heavy atom. The molecule has 0 bridgehead atoms. The van der Waals surface area contributed by atoms with E-state index in [4.69, 9.17) is 5.11 Å². The quantitative estimate of drug-likeness (QED) is 0.668. The van der Waals surface area contributed by atoms with E-state index < -0.39 is 34.3 Å². The molecule has 112 valence electrons. The normalized spacial score (nSPS) is 18.3. The van der Waals surface area contributed by atoms with Crippen LogP contribution in [0.15, 0.2) is 18.2 Å². The molecule has 0 aromatic heterocycles. The maximum absolute atomic E-state index is 13.1. The first-order valence-electron chi connectivity index (χ1n) is 5.97. The number of amides is 1. The van der Waals surface area contributed by atoms with Gasteiger partial charge in [-0.15, -0.1) is 0 Å². The smallest absolute Gasteiger partial charge is 0.327 e. The number of nitro benzene ring substituents is 1. The SMILES string of the molecule is O=C(O)C1CSCCN1C(=O)c1ccc(F)cc1[N+](=O)[O-]. The van der Waals surface area contributed by atoms with E-state index in [0.717, 1.165) is 17.0 Å². The number of halogens is 1. The minimum atomic E-state index is -1.17. The van der Waals surface area contributed by atoms with E-state index in [1.165, 1.54) is 11.8 Å². The van der Waals surface area contributed by atoms with Crippen LogP contribution in [0.25, 0.3) is 0 Å². The molecule has 1 aliphatic heterocycles. The third kappa shape index (κ3) is 3.13. The number of hydrogen-bond acceptors (Lipinski definition) is 5. The van der Waals surface area contributed by atoms with Crippen molar-refractivity contribution < 1.29 is 24.0 Å². The van der Waals surface area contributed by atoms with Gasteiger partial charge in [0.25, 0.3) is 11.6 Å². The fraction of sp³-hybridized carbons (Fsp3) is 0.333. The lowest BCUT2D eigenvalue weighted by Crippen LogP contribution is -2.50. The minimum Gasteiger partial charge on any atom is -0.480 e. The molecule has 1 aliphatic rings. The van der Waals surface area contributed by atoms with Gasteiger partial charge in [-0.2, -0.15) is 11.8 Å². The van der Waals surface area contributed by atoms with Crippen LogP contribution >= 0.6 is 11.8 Å². The number of carbonyl (C=O) groups excluding carboxylic acids is 1. The van der Waals surface area contributed by atoms with E-state index in [2.05, 4.69) is 0 Å². The van der Waals surface area contributed by atoms with Crippen molar-refractivity contribution in [3.63, 3.8) is 0 Å². The third-order valence-corrected chi connectivity index (χ3v) is 4.08. The highest BCUT2D eigenvalue weighted by atomic mass is 32.2. The highest BCUT2D eigenvalue weighted by molar-refractivity contribution is 7.99. The Labute approximate surface area is 122 Å². The molecule has 0 spiro atoms. The zero-order chi connectivity index (χ0) is 15.6. The minimum absolute atomic E-state index is 0.176. The predicted molar refractivity (Wildman–Crippen MR) is 72.8 cm³/mol. The van der Waals surface area contributed by atoms with Crippen molar-refractivity contribution in [2.75, 3.05) is 18.1 Å². The molecule has 1 N–H and O–H groups in total. The van der Waals surface area contributed by atoms with Crippen LogP contribution in [0.1, 0.15) is 10.4 Å². The summed E-state index contributed by atoms with van der Waals surface area (Å²) in [5, 5.41) is 20.1. The first kappa shape index (κ1) is 15.2. The number of carbonyl (C=O) groups is 2. The maximum Gasteiger partial charge on any atom is 0.327 e. The van der Waals surface area contributed by atoms with Crippen LogP contribution in [0.4, 0.5) is 10.1 Å². The van der Waals surface area contributed by atoms with Crippen molar-refractivity contribution in [1.29, 1.82) is 0 Å². The van der Waals surface area contributed by atoms with Gasteiger partial charge in [0.05, 0.1) is 11.0 Å². The van der Waals surface area contributed by atoms with Crippen LogP contribution in [0, 0.1) is 15.9 Å². The number of carboxylic acids is 1. The topological polar surface area (TPSA) is 101 Å². The second-order valence-corrected chi connectivity index (χ2v) is 5.50. The first-order chi connectivity index (χ1) is 9.91. The molecular formula is C12H11FN2O5S. The third-order valence-electron chi connectivity index (χ3n) is 3.06. The Bertz CT molecular complexity index is 609. The summed E-state index contributed by atoms with van der Waals surface area (Å²) in [5.74, 6) is -2.00. The second kappa shape index (κ2) is 6.08. The number of thioether (sulfide) groups is 1. The number of aliphatic carboxylic acids is 1. The number of rotatable bonds is 3. The fourth-order valence-corrected chi connectivity index (χ4v) is 3.08. The summed E-state index contributed by atoms with van der Waals surface area (Å²) >= 11 is 1.39. The van der Waals surface area contributed by atoms with E-state index >= 15 is 0 Å². The van der Waals surface area contributed by atoms with Crippen molar-refractivity contribution in [2.45, 2.75) is 6.04 Å². The van der Waals surface area contributed by atoms with Gasteiger partial charge in [0.2, 0.25) is 0 Å². The van der Waals surface area contributed by atoms with E-state index in [-0.39, 0.29) is 17.9 Å². The second-order valence-electron chi connectivity index (χ2n) is 4.35. The maximum atomic E-state index is 13.1. The van der Waals surface area contributed by atoms with Crippen LogP contribution in [0.2, 0.25) is 0 Å². The Hall–Kier alpha value is -2.16. The number of nitrogens with zero attached hydrogens (tertiary/aromatic N) is 2. The molecule has 0 radical (unpaired) electrons. The lowest BCUT2D eigenvalue weighted by Gasteiger charge is -2.32. The van der Waals surface area contributed by atoms with Crippen molar-refractivity contribution in [3.8, 4) is 0 Å². The summed E-state index contributed by atoms with van der Waals surface area (Å²) in [7, 11) is 0. The van der Waals surface area contributed by atoms with E-state index in [0.29, 0.717) is 11.8 Å². The van der Waals surface area contributed by atoms with Crippen molar-refractivity contribution in [2.24, 2.45) is 0 Å². The van der Waals surface area contributed by atoms with E-state index in [1.54, 1.807) is 0 Å². The molecular weight excluding hydrogens is 303 g/mol. The molecule has 1 aromatic rings. The van der Waals surface area contributed by atoms with Gasteiger partial charge in [0.15, 0.2) is 0 Å². The van der Waals surface area contributed by atoms with Gasteiger partial charge >= 0.3 is 5.97 Å². The lowest BCUT2D eigenvalue weighted by molar-refractivity contribution is -0.385. The molecule has 1 unspecified atom stereocenters. The summed E-state index contributed by atoms with van der Waals surface area (Å²) < 4.78 is 13.1. The molecule has 1 saturated heterocycles.